The van der Waals surface area contributed by atoms with Crippen LogP contribution in [0, 0.1) is 18.8 Å². The summed E-state index contributed by atoms with van der Waals surface area (Å²) in [6.07, 6.45) is -1.42. The first-order chi connectivity index (χ1) is 27.3. The van der Waals surface area contributed by atoms with Gasteiger partial charge in [-0.15, -0.1) is 0 Å². The first kappa shape index (κ1) is 44.7. The van der Waals surface area contributed by atoms with Gasteiger partial charge in [-0.25, -0.2) is 9.59 Å². The van der Waals surface area contributed by atoms with Gasteiger partial charge in [0.05, 0.1) is 23.9 Å². The second-order valence-corrected chi connectivity index (χ2v) is 15.1. The zero-order valence-corrected chi connectivity index (χ0v) is 32.7. The third-order valence-corrected chi connectivity index (χ3v) is 9.46. The molecule has 17 heteroatoms. The highest BCUT2D eigenvalue weighted by atomic mass is 19.4. The van der Waals surface area contributed by atoms with Crippen molar-refractivity contribution >= 4 is 46.4 Å². The van der Waals surface area contributed by atoms with E-state index in [9.17, 15) is 32.3 Å². The number of amides is 4. The van der Waals surface area contributed by atoms with Crippen LogP contribution in [0.3, 0.4) is 0 Å². The number of aromatic amines is 1. The van der Waals surface area contributed by atoms with E-state index in [-0.39, 0.29) is 41.6 Å². The van der Waals surface area contributed by atoms with Gasteiger partial charge in [0, 0.05) is 42.1 Å². The Morgan fingerprint density at radius 3 is 2.19 bits per heavy atom. The van der Waals surface area contributed by atoms with Gasteiger partial charge in [0.2, 0.25) is 11.8 Å². The molecule has 0 bridgehead atoms. The molecule has 1 aromatic heterocycles. The van der Waals surface area contributed by atoms with Crippen molar-refractivity contribution in [2.75, 3.05) is 25.0 Å². The van der Waals surface area contributed by atoms with Crippen LogP contribution >= 0.6 is 0 Å². The number of fused-ring (bicyclic) bond motifs is 1. The van der Waals surface area contributed by atoms with Crippen LogP contribution in [-0.4, -0.2) is 87.7 Å². The molecule has 0 aliphatic heterocycles. The van der Waals surface area contributed by atoms with Gasteiger partial charge in [-0.05, 0) is 112 Å². The number of aryl methyl sites for hydroxylation is 1. The van der Waals surface area contributed by atoms with Gasteiger partial charge >= 0.3 is 18.2 Å². The fraction of sp³-hybridized carbons (Fsp3) is 0.415. The largest absolute Gasteiger partial charge is 0.490 e. The first-order valence-corrected chi connectivity index (χ1v) is 18.7. The zero-order valence-electron chi connectivity index (χ0n) is 32.7. The highest BCUT2D eigenvalue weighted by Crippen LogP contribution is 2.29. The number of aromatic nitrogens is 2. The molecule has 58 heavy (non-hydrogen) atoms. The van der Waals surface area contributed by atoms with Crippen LogP contribution < -0.4 is 21.3 Å². The van der Waals surface area contributed by atoms with E-state index in [4.69, 9.17) is 19.7 Å². The van der Waals surface area contributed by atoms with Crippen molar-refractivity contribution in [3.63, 3.8) is 0 Å². The summed E-state index contributed by atoms with van der Waals surface area (Å²) in [4.78, 5) is 59.7. The van der Waals surface area contributed by atoms with Crippen LogP contribution in [0.2, 0.25) is 0 Å². The van der Waals surface area contributed by atoms with Crippen LogP contribution in [0.15, 0.2) is 66.9 Å². The minimum absolute atomic E-state index is 0.156. The molecule has 4 aromatic rings. The van der Waals surface area contributed by atoms with Crippen LogP contribution in [0.1, 0.15) is 67.9 Å². The molecule has 1 fully saturated rings. The highest BCUT2D eigenvalue weighted by molar-refractivity contribution is 5.99. The molecule has 3 aromatic carbocycles. The molecular formula is C41H49F3N6O8. The van der Waals surface area contributed by atoms with E-state index >= 15 is 0 Å². The normalized spacial score (nSPS) is 16.0. The van der Waals surface area contributed by atoms with E-state index in [1.165, 1.54) is 0 Å². The number of nitrogens with one attached hydrogen (secondary N) is 5. The van der Waals surface area contributed by atoms with Crippen molar-refractivity contribution in [3.8, 4) is 11.1 Å². The van der Waals surface area contributed by atoms with Gasteiger partial charge in [0.1, 0.15) is 6.04 Å². The number of ether oxygens (including phenoxy) is 1. The number of carboxylic acid groups (broad SMARTS) is 2. The van der Waals surface area contributed by atoms with Crippen LogP contribution in [0.5, 0.6) is 0 Å². The van der Waals surface area contributed by atoms with E-state index in [0.29, 0.717) is 43.8 Å². The number of benzene rings is 3. The lowest BCUT2D eigenvalue weighted by Gasteiger charge is -2.29. The first-order valence-electron chi connectivity index (χ1n) is 18.7. The number of carboxylic acids is 1. The second kappa shape index (κ2) is 19.9. The lowest BCUT2D eigenvalue weighted by molar-refractivity contribution is -0.192. The molecule has 1 aliphatic carbocycles. The molecule has 312 valence electrons. The predicted molar refractivity (Wildman–Crippen MR) is 210 cm³/mol. The number of nitrogens with zero attached hydrogens (tertiary/aromatic N) is 1. The lowest BCUT2D eigenvalue weighted by Crippen LogP contribution is -2.48. The fourth-order valence-corrected chi connectivity index (χ4v) is 6.41. The molecule has 1 heterocycles. The third-order valence-electron chi connectivity index (χ3n) is 9.46. The molecule has 4 amide bonds. The van der Waals surface area contributed by atoms with Crippen LogP contribution in [-0.2, 0) is 25.5 Å². The second-order valence-electron chi connectivity index (χ2n) is 15.1. The molecule has 7 N–H and O–H groups in total. The van der Waals surface area contributed by atoms with E-state index < -0.39 is 24.3 Å². The molecule has 0 saturated heterocycles. The number of halogens is 3. The summed E-state index contributed by atoms with van der Waals surface area (Å²) in [5.74, 6) is -3.49. The minimum Gasteiger partial charge on any atom is -0.475 e. The number of carbonyl (C=O) groups excluding carboxylic acids is 3. The van der Waals surface area contributed by atoms with Gasteiger partial charge in [0.25, 0.3) is 5.91 Å². The summed E-state index contributed by atoms with van der Waals surface area (Å²) in [6, 6.07) is 18.1. The molecule has 0 unspecified atom stereocenters. The molecule has 1 saturated carbocycles. The summed E-state index contributed by atoms with van der Waals surface area (Å²) in [5.41, 5.74) is 5.46. The van der Waals surface area contributed by atoms with Crippen LogP contribution in [0.4, 0.5) is 23.7 Å². The fourth-order valence-electron chi connectivity index (χ4n) is 6.41. The predicted octanol–water partition coefficient (Wildman–Crippen LogP) is 6.46. The Kier molecular flexibility index (Phi) is 15.4. The summed E-state index contributed by atoms with van der Waals surface area (Å²) in [7, 11) is 0. The van der Waals surface area contributed by atoms with Crippen molar-refractivity contribution in [1.82, 2.24) is 26.1 Å². The molecule has 1 atom stereocenters. The summed E-state index contributed by atoms with van der Waals surface area (Å²) >= 11 is 0. The van der Waals surface area contributed by atoms with E-state index in [2.05, 4.69) is 31.5 Å². The Morgan fingerprint density at radius 1 is 0.914 bits per heavy atom. The Bertz CT molecular complexity index is 2050. The smallest absolute Gasteiger partial charge is 0.475 e. The van der Waals surface area contributed by atoms with Crippen molar-refractivity contribution in [2.45, 2.75) is 77.6 Å². The Labute approximate surface area is 333 Å². The molecule has 14 nitrogen and oxygen atoms in total. The number of carbonyl (C=O) groups is 5. The Hall–Kier alpha value is -5.97. The number of hydrogen-bond donors (Lipinski definition) is 7. The average Bonchev–Trinajstić information content (AvgIpc) is 3.63. The minimum atomic E-state index is -5.08. The van der Waals surface area contributed by atoms with Crippen LogP contribution in [0.25, 0.3) is 22.0 Å². The summed E-state index contributed by atoms with van der Waals surface area (Å²) in [5, 5.41) is 35.3. The van der Waals surface area contributed by atoms with Crippen molar-refractivity contribution in [2.24, 2.45) is 11.8 Å². The Morgan fingerprint density at radius 2 is 1.59 bits per heavy atom. The zero-order chi connectivity index (χ0) is 42.6. The van der Waals surface area contributed by atoms with Crippen molar-refractivity contribution < 1.29 is 52.1 Å². The molecule has 5 rings (SSSR count). The van der Waals surface area contributed by atoms with Gasteiger partial charge in [-0.3, -0.25) is 19.5 Å². The van der Waals surface area contributed by atoms with Gasteiger partial charge in [-0.1, -0.05) is 30.3 Å². The highest BCUT2D eigenvalue weighted by Gasteiger charge is 2.38. The van der Waals surface area contributed by atoms with Crippen molar-refractivity contribution in [3.05, 3.63) is 83.6 Å². The Balaban J connectivity index is 0.000000973. The number of aliphatic carboxylic acids is 1. The monoisotopic (exact) mass is 810 g/mol. The standard InChI is InChI=1S/C39H48N6O6.C2HF3O2/c1-24-19-29(35(46)40-17-18-51-39(2,3)4)14-16-32(24)27-9-5-25(6-10-27)20-34(37(48)43-31-15-13-30-23-42-45-33(30)21-31)44-36(47)28-11-7-26(8-12-28)22-41-38(49)50;3-2(4,5)1(6)7/h5-6,9-10,13-16,19,21,23,26,28,34,41H,7-8,11-12,17-18,20,22H2,1-4H3,(H,40,46)(H,42,45)(H,43,48)(H,44,47)(H,49,50);(H,6,7)/t26?,28?,34-;/m0./s1. The number of H-pyrrole nitrogens is 1. The number of hydrogen-bond acceptors (Lipinski definition) is 7. The summed E-state index contributed by atoms with van der Waals surface area (Å²) < 4.78 is 37.4. The lowest BCUT2D eigenvalue weighted by atomic mass is 9.81. The molecule has 0 spiro atoms. The number of anilines is 1. The average molecular weight is 811 g/mol. The number of rotatable bonds is 13. The number of alkyl halides is 3. The molecule has 0 radical (unpaired) electrons. The maximum absolute atomic E-state index is 13.7. The topological polar surface area (TPSA) is 212 Å². The van der Waals surface area contributed by atoms with E-state index in [1.807, 2.05) is 76.2 Å². The maximum atomic E-state index is 13.7. The maximum Gasteiger partial charge on any atom is 0.490 e. The van der Waals surface area contributed by atoms with E-state index in [1.54, 1.807) is 18.3 Å². The third kappa shape index (κ3) is 13.9. The van der Waals surface area contributed by atoms with Gasteiger partial charge in [-0.2, -0.15) is 18.3 Å². The quantitative estimate of drug-likeness (QED) is 0.0738. The SMILES string of the molecule is Cc1cc(C(=O)NCCOC(C)(C)C)ccc1-c1ccc(C[C@H](NC(=O)C2CCC(CNC(=O)O)CC2)C(=O)Nc2ccc3cn[nH]c3c2)cc1.O=C(O)C(F)(F)F. The molecular weight excluding hydrogens is 761 g/mol. The van der Waals surface area contributed by atoms with Crippen molar-refractivity contribution in [1.29, 1.82) is 0 Å². The van der Waals surface area contributed by atoms with Gasteiger partial charge in [0.15, 0.2) is 0 Å². The molecule has 1 aliphatic rings. The van der Waals surface area contributed by atoms with Gasteiger partial charge < -0.3 is 36.2 Å². The summed E-state index contributed by atoms with van der Waals surface area (Å²) in [6.45, 7) is 9.12. The van der Waals surface area contributed by atoms with E-state index in [0.717, 1.165) is 46.0 Å².